The molecule has 0 saturated heterocycles. The fourth-order valence-corrected chi connectivity index (χ4v) is 1.70. The Morgan fingerprint density at radius 3 is 2.50 bits per heavy atom. The molecule has 1 N–H and O–H groups in total. The summed E-state index contributed by atoms with van der Waals surface area (Å²) in [5.41, 5.74) is 0. The van der Waals surface area contributed by atoms with E-state index in [0.29, 0.717) is 4.75 Å². The monoisotopic (exact) mass is 155 g/mol. The van der Waals surface area contributed by atoms with Gasteiger partial charge in [0.1, 0.15) is 0 Å². The Morgan fingerprint density at radius 1 is 1.40 bits per heavy atom. The first kappa shape index (κ1) is 7.73. The fraction of sp³-hybridized carbons (Fsp3) is 0.500. The van der Waals surface area contributed by atoms with Crippen molar-refractivity contribution in [3.05, 3.63) is 18.5 Å². The summed E-state index contributed by atoms with van der Waals surface area (Å²) >= 11 is 1.88. The molecule has 56 valence electrons. The molecule has 1 rings (SSSR count). The minimum absolute atomic E-state index is 0.322. The van der Waals surface area contributed by atoms with Crippen LogP contribution >= 0.6 is 11.8 Å². The Morgan fingerprint density at radius 2 is 2.10 bits per heavy atom. The van der Waals surface area contributed by atoms with Gasteiger partial charge in [0.2, 0.25) is 0 Å². The van der Waals surface area contributed by atoms with Crippen LogP contribution in [-0.4, -0.2) is 9.73 Å². The zero-order valence-electron chi connectivity index (χ0n) is 6.64. The van der Waals surface area contributed by atoms with Gasteiger partial charge in [-0.2, -0.15) is 0 Å². The Labute approximate surface area is 66.2 Å². The van der Waals surface area contributed by atoms with E-state index in [0.717, 1.165) is 0 Å². The van der Waals surface area contributed by atoms with E-state index in [-0.39, 0.29) is 0 Å². The number of rotatable bonds is 1. The van der Waals surface area contributed by atoms with Crippen LogP contribution in [0.25, 0.3) is 0 Å². The van der Waals surface area contributed by atoms with E-state index in [4.69, 9.17) is 0 Å². The lowest BCUT2D eigenvalue weighted by Gasteiger charge is -2.15. The summed E-state index contributed by atoms with van der Waals surface area (Å²) < 4.78 is 0.322. The standard InChI is InChI=1S/C8H13NS/c1-8(2,3)10-7-4-5-9-6-7/h4-6,9H,1-3H3. The summed E-state index contributed by atoms with van der Waals surface area (Å²) in [6, 6.07) is 2.09. The van der Waals surface area contributed by atoms with Crippen molar-refractivity contribution in [1.29, 1.82) is 0 Å². The molecular weight excluding hydrogens is 142 g/mol. The molecule has 0 aliphatic rings. The van der Waals surface area contributed by atoms with Crippen molar-refractivity contribution < 1.29 is 0 Å². The van der Waals surface area contributed by atoms with Crippen molar-refractivity contribution in [1.82, 2.24) is 4.98 Å². The quantitative estimate of drug-likeness (QED) is 0.616. The maximum atomic E-state index is 3.03. The van der Waals surface area contributed by atoms with Crippen LogP contribution < -0.4 is 0 Å². The third kappa shape index (κ3) is 2.48. The molecule has 1 heterocycles. The van der Waals surface area contributed by atoms with Crippen LogP contribution in [0.1, 0.15) is 20.8 Å². The van der Waals surface area contributed by atoms with E-state index in [1.165, 1.54) is 4.90 Å². The molecule has 2 heteroatoms. The third-order valence-electron chi connectivity index (χ3n) is 0.993. The lowest BCUT2D eigenvalue weighted by Crippen LogP contribution is -2.05. The average Bonchev–Trinajstić information content (AvgIpc) is 2.12. The number of hydrogen-bond donors (Lipinski definition) is 1. The van der Waals surface area contributed by atoms with Crippen LogP contribution in [0, 0.1) is 0 Å². The fourth-order valence-electron chi connectivity index (χ4n) is 0.726. The summed E-state index contributed by atoms with van der Waals surface area (Å²) in [7, 11) is 0. The zero-order valence-corrected chi connectivity index (χ0v) is 7.46. The molecule has 1 aromatic rings. The number of hydrogen-bond acceptors (Lipinski definition) is 1. The second kappa shape index (κ2) is 2.70. The predicted molar refractivity (Wildman–Crippen MR) is 46.4 cm³/mol. The van der Waals surface area contributed by atoms with Gasteiger partial charge in [-0.25, -0.2) is 0 Å². The van der Waals surface area contributed by atoms with Crippen LogP contribution in [0.15, 0.2) is 23.4 Å². The van der Waals surface area contributed by atoms with Gasteiger partial charge in [-0.05, 0) is 6.07 Å². The SMILES string of the molecule is CC(C)(C)Sc1cc[nH]c1. The van der Waals surface area contributed by atoms with E-state index in [2.05, 4.69) is 31.8 Å². The van der Waals surface area contributed by atoms with Crippen molar-refractivity contribution in [3.8, 4) is 0 Å². The summed E-state index contributed by atoms with van der Waals surface area (Å²) in [4.78, 5) is 4.34. The number of aromatic nitrogens is 1. The number of thioether (sulfide) groups is 1. The Balaban J connectivity index is 2.57. The van der Waals surface area contributed by atoms with E-state index in [1.807, 2.05) is 24.2 Å². The number of H-pyrrole nitrogens is 1. The molecule has 0 aliphatic carbocycles. The van der Waals surface area contributed by atoms with E-state index in [9.17, 15) is 0 Å². The van der Waals surface area contributed by atoms with Gasteiger partial charge in [-0.1, -0.05) is 20.8 Å². The van der Waals surface area contributed by atoms with Gasteiger partial charge in [0.05, 0.1) is 0 Å². The average molecular weight is 155 g/mol. The normalized spacial score (nSPS) is 11.9. The molecule has 0 saturated carbocycles. The van der Waals surface area contributed by atoms with Crippen molar-refractivity contribution >= 4 is 11.8 Å². The maximum Gasteiger partial charge on any atom is 0.0252 e. The minimum Gasteiger partial charge on any atom is -0.367 e. The van der Waals surface area contributed by atoms with E-state index >= 15 is 0 Å². The highest BCUT2D eigenvalue weighted by molar-refractivity contribution is 8.00. The van der Waals surface area contributed by atoms with Crippen LogP contribution in [-0.2, 0) is 0 Å². The molecule has 0 unspecified atom stereocenters. The molecule has 10 heavy (non-hydrogen) atoms. The molecule has 0 atom stereocenters. The topological polar surface area (TPSA) is 15.8 Å². The maximum absolute atomic E-state index is 3.03. The molecule has 1 aromatic heterocycles. The zero-order chi connectivity index (χ0) is 7.61. The molecule has 0 amide bonds. The largest absolute Gasteiger partial charge is 0.367 e. The van der Waals surface area contributed by atoms with Gasteiger partial charge >= 0.3 is 0 Å². The lowest BCUT2D eigenvalue weighted by atomic mass is 10.3. The second-order valence-corrected chi connectivity index (χ2v) is 5.16. The van der Waals surface area contributed by atoms with Gasteiger partial charge in [0.25, 0.3) is 0 Å². The van der Waals surface area contributed by atoms with Crippen LogP contribution in [0.2, 0.25) is 0 Å². The predicted octanol–water partition coefficient (Wildman–Crippen LogP) is 2.91. The molecule has 1 nitrogen and oxygen atoms in total. The van der Waals surface area contributed by atoms with Crippen molar-refractivity contribution in [3.63, 3.8) is 0 Å². The third-order valence-corrected chi connectivity index (χ3v) is 2.10. The van der Waals surface area contributed by atoms with Crippen LogP contribution in [0.4, 0.5) is 0 Å². The van der Waals surface area contributed by atoms with Gasteiger partial charge in [-0.15, -0.1) is 11.8 Å². The Kier molecular flexibility index (Phi) is 2.09. The molecule has 0 spiro atoms. The van der Waals surface area contributed by atoms with Gasteiger partial charge < -0.3 is 4.98 Å². The highest BCUT2D eigenvalue weighted by Gasteiger charge is 2.11. The van der Waals surface area contributed by atoms with Gasteiger partial charge in [0.15, 0.2) is 0 Å². The highest BCUT2D eigenvalue weighted by Crippen LogP contribution is 2.30. The number of aromatic amines is 1. The van der Waals surface area contributed by atoms with Gasteiger partial charge in [-0.3, -0.25) is 0 Å². The summed E-state index contributed by atoms with van der Waals surface area (Å²) in [6.07, 6.45) is 3.98. The summed E-state index contributed by atoms with van der Waals surface area (Å²) in [5, 5.41) is 0. The number of nitrogens with one attached hydrogen (secondary N) is 1. The smallest absolute Gasteiger partial charge is 0.0252 e. The first-order chi connectivity index (χ1) is 4.58. The highest BCUT2D eigenvalue weighted by atomic mass is 32.2. The molecule has 0 aromatic carbocycles. The van der Waals surface area contributed by atoms with Crippen molar-refractivity contribution in [2.45, 2.75) is 30.4 Å². The first-order valence-electron chi connectivity index (χ1n) is 3.40. The van der Waals surface area contributed by atoms with Gasteiger partial charge in [0, 0.05) is 22.0 Å². The second-order valence-electron chi connectivity index (χ2n) is 3.26. The first-order valence-corrected chi connectivity index (χ1v) is 4.21. The van der Waals surface area contributed by atoms with E-state index in [1.54, 1.807) is 0 Å². The molecular formula is C8H13NS. The molecule has 0 fully saturated rings. The Bertz CT molecular complexity index is 184. The summed E-state index contributed by atoms with van der Waals surface area (Å²) in [6.45, 7) is 6.64. The van der Waals surface area contributed by atoms with Crippen molar-refractivity contribution in [2.75, 3.05) is 0 Å². The molecule has 0 bridgehead atoms. The van der Waals surface area contributed by atoms with E-state index < -0.39 is 0 Å². The molecule has 0 radical (unpaired) electrons. The minimum atomic E-state index is 0.322. The summed E-state index contributed by atoms with van der Waals surface area (Å²) in [5.74, 6) is 0. The molecule has 0 aliphatic heterocycles. The lowest BCUT2D eigenvalue weighted by molar-refractivity contribution is 0.803. The van der Waals surface area contributed by atoms with Crippen LogP contribution in [0.3, 0.4) is 0 Å². The Hall–Kier alpha value is -0.370. The van der Waals surface area contributed by atoms with Crippen molar-refractivity contribution in [2.24, 2.45) is 0 Å². The van der Waals surface area contributed by atoms with Crippen LogP contribution in [0.5, 0.6) is 0 Å².